The molecule has 1 aromatic rings. The second-order valence-corrected chi connectivity index (χ2v) is 12.2. The standard InChI is InChI=1S/C29H39N3O3/c1-2-35-27(34)32-25-10-9-20-17-21(18-29(20,25)32)31-15-13-28(14-16-31)12-11-24(30-26(33)19-7-8-19)22-5-3-4-6-23(22)28/h3-6,19-21,24-25H,2,7-18H2,1H3,(H,30,33)/t20?,21?,24-,25?,29?,32?/m0/s1. The second-order valence-electron chi connectivity index (χ2n) is 12.2. The summed E-state index contributed by atoms with van der Waals surface area (Å²) in [7, 11) is 0. The molecule has 2 saturated heterocycles. The summed E-state index contributed by atoms with van der Waals surface area (Å²) in [6.07, 6.45) is 11.5. The lowest BCUT2D eigenvalue weighted by atomic mass is 9.63. The molecule has 4 unspecified atom stereocenters. The number of hydrogen-bond donors (Lipinski definition) is 1. The number of carbonyl (C=O) groups excluding carboxylic acids is 2. The summed E-state index contributed by atoms with van der Waals surface area (Å²) in [5.41, 5.74) is 3.21. The highest BCUT2D eigenvalue weighted by Crippen LogP contribution is 2.65. The van der Waals surface area contributed by atoms with Crippen LogP contribution in [0.25, 0.3) is 0 Å². The van der Waals surface area contributed by atoms with Crippen LogP contribution in [0.5, 0.6) is 0 Å². The molecule has 3 saturated carbocycles. The van der Waals surface area contributed by atoms with Crippen molar-refractivity contribution in [1.29, 1.82) is 0 Å². The highest BCUT2D eigenvalue weighted by Gasteiger charge is 2.75. The van der Waals surface area contributed by atoms with Crippen molar-refractivity contribution in [2.24, 2.45) is 11.8 Å². The molecule has 1 aromatic carbocycles. The Kier molecular flexibility index (Phi) is 5.04. The number of piperidine rings is 2. The third kappa shape index (κ3) is 3.31. The van der Waals surface area contributed by atoms with E-state index in [1.54, 1.807) is 0 Å². The van der Waals surface area contributed by atoms with E-state index in [9.17, 15) is 9.59 Å². The van der Waals surface area contributed by atoms with Crippen molar-refractivity contribution in [3.63, 3.8) is 0 Å². The summed E-state index contributed by atoms with van der Waals surface area (Å²) in [5.74, 6) is 1.18. The van der Waals surface area contributed by atoms with Gasteiger partial charge in [0.2, 0.25) is 5.91 Å². The number of rotatable bonds is 4. The zero-order valence-electron chi connectivity index (χ0n) is 21.0. The molecular formula is C29H39N3O3. The highest BCUT2D eigenvalue weighted by atomic mass is 16.6. The van der Waals surface area contributed by atoms with Crippen molar-refractivity contribution >= 4 is 12.0 Å². The van der Waals surface area contributed by atoms with Gasteiger partial charge in [0.15, 0.2) is 0 Å². The molecule has 4 aliphatic carbocycles. The van der Waals surface area contributed by atoms with Crippen molar-refractivity contribution in [1.82, 2.24) is 15.1 Å². The molecule has 6 aliphatic rings. The average Bonchev–Trinajstić information content (AvgIpc) is 3.75. The summed E-state index contributed by atoms with van der Waals surface area (Å²) < 4.78 is 5.39. The fraction of sp³-hybridized carbons (Fsp3) is 0.724. The van der Waals surface area contributed by atoms with Crippen molar-refractivity contribution in [3.8, 4) is 0 Å². The molecule has 0 radical (unpaired) electrons. The first-order valence-corrected chi connectivity index (χ1v) is 14.2. The van der Waals surface area contributed by atoms with Gasteiger partial charge in [-0.25, -0.2) is 4.79 Å². The van der Waals surface area contributed by atoms with Crippen LogP contribution in [-0.4, -0.2) is 59.1 Å². The summed E-state index contributed by atoms with van der Waals surface area (Å²) in [4.78, 5) is 29.9. The molecule has 2 amide bonds. The van der Waals surface area contributed by atoms with Crippen LogP contribution in [0.15, 0.2) is 24.3 Å². The lowest BCUT2D eigenvalue weighted by Gasteiger charge is -2.48. The smallest absolute Gasteiger partial charge is 0.410 e. The maximum atomic E-state index is 12.6. The van der Waals surface area contributed by atoms with E-state index in [4.69, 9.17) is 4.74 Å². The largest absolute Gasteiger partial charge is 0.450 e. The molecule has 0 aromatic heterocycles. The first kappa shape index (κ1) is 22.1. The number of hydrogen-bond acceptors (Lipinski definition) is 4. The van der Waals surface area contributed by atoms with Gasteiger partial charge in [0.05, 0.1) is 24.2 Å². The lowest BCUT2D eigenvalue weighted by molar-refractivity contribution is -0.123. The van der Waals surface area contributed by atoms with E-state index in [1.165, 1.54) is 43.2 Å². The van der Waals surface area contributed by atoms with Crippen LogP contribution in [0, 0.1) is 11.8 Å². The average molecular weight is 478 g/mol. The molecule has 5 fully saturated rings. The monoisotopic (exact) mass is 477 g/mol. The predicted molar refractivity (Wildman–Crippen MR) is 133 cm³/mol. The van der Waals surface area contributed by atoms with Gasteiger partial charge >= 0.3 is 6.09 Å². The van der Waals surface area contributed by atoms with Gasteiger partial charge in [-0.05, 0) is 107 Å². The van der Waals surface area contributed by atoms with Crippen molar-refractivity contribution in [2.45, 2.75) is 100 Å². The Morgan fingerprint density at radius 2 is 1.86 bits per heavy atom. The molecule has 0 bridgehead atoms. The van der Waals surface area contributed by atoms with Crippen LogP contribution < -0.4 is 5.32 Å². The molecule has 35 heavy (non-hydrogen) atoms. The molecule has 6 heteroatoms. The molecule has 1 N–H and O–H groups in total. The molecule has 5 atom stereocenters. The third-order valence-corrected chi connectivity index (χ3v) is 10.7. The molecule has 188 valence electrons. The topological polar surface area (TPSA) is 61.7 Å². The second kappa shape index (κ2) is 7.96. The molecule has 7 rings (SSSR count). The van der Waals surface area contributed by atoms with Gasteiger partial charge in [0.25, 0.3) is 0 Å². The quantitative estimate of drug-likeness (QED) is 0.647. The van der Waals surface area contributed by atoms with E-state index in [-0.39, 0.29) is 34.9 Å². The van der Waals surface area contributed by atoms with Crippen LogP contribution in [0.4, 0.5) is 4.79 Å². The van der Waals surface area contributed by atoms with Crippen LogP contribution >= 0.6 is 0 Å². The van der Waals surface area contributed by atoms with Gasteiger partial charge in [-0.2, -0.15) is 0 Å². The summed E-state index contributed by atoms with van der Waals surface area (Å²) in [6.45, 7) is 4.66. The first-order chi connectivity index (χ1) is 17.1. The zero-order valence-corrected chi connectivity index (χ0v) is 21.0. The third-order valence-electron chi connectivity index (χ3n) is 10.7. The Hall–Kier alpha value is -2.08. The zero-order chi connectivity index (χ0) is 23.8. The van der Waals surface area contributed by atoms with E-state index in [0.717, 1.165) is 45.2 Å². The van der Waals surface area contributed by atoms with Gasteiger partial charge in [-0.15, -0.1) is 0 Å². The molecular weight excluding hydrogens is 438 g/mol. The van der Waals surface area contributed by atoms with Gasteiger partial charge in [-0.3, -0.25) is 9.69 Å². The fourth-order valence-electron chi connectivity index (χ4n) is 8.76. The van der Waals surface area contributed by atoms with Crippen LogP contribution in [-0.2, 0) is 14.9 Å². The van der Waals surface area contributed by atoms with E-state index in [2.05, 4.69) is 39.4 Å². The summed E-state index contributed by atoms with van der Waals surface area (Å²) >= 11 is 0. The number of carbonyl (C=O) groups is 2. The minimum Gasteiger partial charge on any atom is -0.450 e. The van der Waals surface area contributed by atoms with E-state index >= 15 is 0 Å². The highest BCUT2D eigenvalue weighted by molar-refractivity contribution is 5.81. The number of nitrogens with one attached hydrogen (secondary N) is 1. The predicted octanol–water partition coefficient (Wildman–Crippen LogP) is 4.53. The van der Waals surface area contributed by atoms with Crippen molar-refractivity contribution in [3.05, 3.63) is 35.4 Å². The number of amides is 2. The summed E-state index contributed by atoms with van der Waals surface area (Å²) in [5, 5.41) is 3.37. The first-order valence-electron chi connectivity index (χ1n) is 14.2. The Bertz CT molecular complexity index is 1030. The van der Waals surface area contributed by atoms with E-state index in [1.807, 2.05) is 6.92 Å². The molecule has 2 aliphatic heterocycles. The van der Waals surface area contributed by atoms with Crippen LogP contribution in [0.3, 0.4) is 0 Å². The fourth-order valence-corrected chi connectivity index (χ4v) is 8.76. The number of benzene rings is 1. The maximum Gasteiger partial charge on any atom is 0.410 e. The van der Waals surface area contributed by atoms with Gasteiger partial charge in [0.1, 0.15) is 0 Å². The number of ether oxygens (including phenoxy) is 1. The van der Waals surface area contributed by atoms with Crippen molar-refractivity contribution in [2.75, 3.05) is 19.7 Å². The number of fused-ring (bicyclic) bond motifs is 2. The minimum absolute atomic E-state index is 0.0809. The van der Waals surface area contributed by atoms with Crippen LogP contribution in [0.1, 0.15) is 88.3 Å². The van der Waals surface area contributed by atoms with Gasteiger partial charge in [-0.1, -0.05) is 24.3 Å². The van der Waals surface area contributed by atoms with E-state index in [0.29, 0.717) is 24.6 Å². The molecule has 2 heterocycles. The maximum absolute atomic E-state index is 12.6. The summed E-state index contributed by atoms with van der Waals surface area (Å²) in [6, 6.07) is 10.1. The molecule has 6 nitrogen and oxygen atoms in total. The van der Waals surface area contributed by atoms with Gasteiger partial charge < -0.3 is 15.0 Å². The van der Waals surface area contributed by atoms with Gasteiger partial charge in [0, 0.05) is 12.0 Å². The Balaban J connectivity index is 1.04. The van der Waals surface area contributed by atoms with Crippen molar-refractivity contribution < 1.29 is 14.3 Å². The minimum atomic E-state index is -0.0809. The number of likely N-dealkylation sites (tertiary alicyclic amines) is 2. The number of nitrogens with zero attached hydrogens (tertiary/aromatic N) is 2. The molecule has 2 spiro atoms. The van der Waals surface area contributed by atoms with Crippen LogP contribution in [0.2, 0.25) is 0 Å². The Morgan fingerprint density at radius 1 is 1.06 bits per heavy atom. The normalized spacial score (nSPS) is 36.9. The Morgan fingerprint density at radius 3 is 2.63 bits per heavy atom. The Labute approximate surface area is 208 Å². The van der Waals surface area contributed by atoms with E-state index < -0.39 is 0 Å². The SMILES string of the molecule is CCOC(=O)N1C2CCC3CC(N4CCC5(CC[C@H](NC(=O)C6CC6)c6ccccc65)CC4)CC321. The lowest BCUT2D eigenvalue weighted by Crippen LogP contribution is -2.49.